The molecule has 0 atom stereocenters. The number of aromatic carboxylic acids is 1. The maximum Gasteiger partial charge on any atom is 0.345 e. The molecule has 22 heavy (non-hydrogen) atoms. The Hall–Kier alpha value is -1.27. The molecule has 0 unspecified atom stereocenters. The maximum atomic E-state index is 13.9. The molecule has 2 rings (SSSR count). The molecule has 1 N–H and O–H groups in total. The fourth-order valence-electron chi connectivity index (χ4n) is 2.11. The van der Waals surface area contributed by atoms with Gasteiger partial charge in [-0.05, 0) is 31.5 Å². The van der Waals surface area contributed by atoms with Gasteiger partial charge in [-0.1, -0.05) is 6.07 Å². The molecule has 0 spiro atoms. The Morgan fingerprint density at radius 2 is 1.95 bits per heavy atom. The second kappa shape index (κ2) is 6.87. The van der Waals surface area contributed by atoms with E-state index in [2.05, 4.69) is 0 Å². The molecule has 120 valence electrons. The van der Waals surface area contributed by atoms with Crippen LogP contribution in [-0.2, 0) is 19.8 Å². The lowest BCUT2D eigenvalue weighted by Gasteiger charge is -2.17. The van der Waals surface area contributed by atoms with Crippen LogP contribution in [0, 0.1) is 5.82 Å². The average Bonchev–Trinajstić information content (AvgIpc) is 2.89. The van der Waals surface area contributed by atoms with Crippen molar-refractivity contribution in [2.75, 3.05) is 13.2 Å². The molecular weight excluding hydrogens is 330 g/mol. The minimum atomic E-state index is -3.34. The summed E-state index contributed by atoms with van der Waals surface area (Å²) < 4.78 is 37.4. The molecule has 1 heterocycles. The molecule has 0 saturated carbocycles. The predicted molar refractivity (Wildman–Crippen MR) is 83.3 cm³/mol. The number of rotatable bonds is 7. The van der Waals surface area contributed by atoms with Crippen LogP contribution in [0.3, 0.4) is 0 Å². The van der Waals surface area contributed by atoms with E-state index in [1.165, 1.54) is 18.2 Å². The first-order chi connectivity index (χ1) is 10.4. The van der Waals surface area contributed by atoms with E-state index in [0.717, 1.165) is 11.3 Å². The van der Waals surface area contributed by atoms with Gasteiger partial charge in [0, 0.05) is 10.1 Å². The number of thiophene rings is 1. The highest BCUT2D eigenvalue weighted by Gasteiger charge is 2.26. The molecule has 0 radical (unpaired) electrons. The molecule has 0 aliphatic heterocycles. The van der Waals surface area contributed by atoms with E-state index in [1.54, 1.807) is 13.8 Å². The fraction of sp³-hybridized carbons (Fsp3) is 0.357. The van der Waals surface area contributed by atoms with Gasteiger partial charge in [0.25, 0.3) is 0 Å². The van der Waals surface area contributed by atoms with Crippen molar-refractivity contribution in [3.05, 3.63) is 34.5 Å². The Kier molecular flexibility index (Phi) is 5.34. The molecule has 0 bridgehead atoms. The lowest BCUT2D eigenvalue weighted by atomic mass is 10.2. The molecule has 8 heteroatoms. The number of fused-ring (bicyclic) bond motifs is 1. The molecule has 2 aromatic rings. The molecule has 0 aliphatic carbocycles. The second-order valence-corrected chi connectivity index (χ2v) is 7.58. The average molecular weight is 346 g/mol. The van der Waals surface area contributed by atoms with E-state index < -0.39 is 19.4 Å². The number of carboxylic acid groups (broad SMARTS) is 1. The molecule has 0 saturated heterocycles. The van der Waals surface area contributed by atoms with E-state index in [-0.39, 0.29) is 29.6 Å². The van der Waals surface area contributed by atoms with Crippen LogP contribution >= 0.6 is 18.9 Å². The van der Waals surface area contributed by atoms with Crippen molar-refractivity contribution in [1.29, 1.82) is 0 Å². The van der Waals surface area contributed by atoms with Crippen molar-refractivity contribution in [2.24, 2.45) is 0 Å². The lowest BCUT2D eigenvalue weighted by Crippen LogP contribution is -1.99. The number of hydrogen-bond acceptors (Lipinski definition) is 5. The molecule has 1 aromatic carbocycles. The van der Waals surface area contributed by atoms with Crippen molar-refractivity contribution >= 4 is 35.0 Å². The predicted octanol–water partition coefficient (Wildman–Crippen LogP) is 4.50. The summed E-state index contributed by atoms with van der Waals surface area (Å²) in [6.07, 6.45) is -0.0228. The van der Waals surface area contributed by atoms with Crippen molar-refractivity contribution < 1.29 is 27.9 Å². The van der Waals surface area contributed by atoms with Gasteiger partial charge in [-0.3, -0.25) is 4.57 Å². The van der Waals surface area contributed by atoms with Crippen molar-refractivity contribution in [3.8, 4) is 0 Å². The van der Waals surface area contributed by atoms with Crippen LogP contribution in [0.15, 0.2) is 18.2 Å². The second-order valence-electron chi connectivity index (χ2n) is 4.47. The standard InChI is InChI=1S/C14H16FO5PS/c1-3-19-21(18,20-4-2)8-9-5-6-11(15)10-7-12(14(16)17)22-13(9)10/h5-7H,3-4,8H2,1-2H3,(H,16,17). The van der Waals surface area contributed by atoms with Gasteiger partial charge in [0.1, 0.15) is 10.7 Å². The Bertz CT molecular complexity index is 732. The molecule has 5 nitrogen and oxygen atoms in total. The summed E-state index contributed by atoms with van der Waals surface area (Å²) in [6.45, 7) is 3.87. The third-order valence-corrected chi connectivity index (χ3v) is 6.17. The van der Waals surface area contributed by atoms with Crippen LogP contribution in [0.5, 0.6) is 0 Å². The first-order valence-corrected chi connectivity index (χ1v) is 9.27. The van der Waals surface area contributed by atoms with Crippen LogP contribution < -0.4 is 0 Å². The quantitative estimate of drug-likeness (QED) is 0.747. The molecule has 0 fully saturated rings. The van der Waals surface area contributed by atoms with Crippen LogP contribution in [0.4, 0.5) is 4.39 Å². The minimum absolute atomic E-state index is 0.0228. The zero-order valence-electron chi connectivity index (χ0n) is 12.2. The highest BCUT2D eigenvalue weighted by molar-refractivity contribution is 7.53. The Labute approximate surface area is 131 Å². The monoisotopic (exact) mass is 346 g/mol. The number of carbonyl (C=O) groups is 1. The number of halogens is 1. The van der Waals surface area contributed by atoms with Gasteiger partial charge in [0.2, 0.25) is 0 Å². The van der Waals surface area contributed by atoms with Gasteiger partial charge in [-0.25, -0.2) is 9.18 Å². The molecule has 1 aromatic heterocycles. The van der Waals surface area contributed by atoms with Gasteiger partial charge in [-0.2, -0.15) is 0 Å². The van der Waals surface area contributed by atoms with Crippen molar-refractivity contribution in [1.82, 2.24) is 0 Å². The van der Waals surface area contributed by atoms with Gasteiger partial charge in [0.05, 0.1) is 19.4 Å². The maximum absolute atomic E-state index is 13.9. The number of benzene rings is 1. The van der Waals surface area contributed by atoms with E-state index >= 15 is 0 Å². The van der Waals surface area contributed by atoms with Crippen LogP contribution in [0.25, 0.3) is 10.1 Å². The summed E-state index contributed by atoms with van der Waals surface area (Å²) in [5.74, 6) is -1.63. The summed E-state index contributed by atoms with van der Waals surface area (Å²) in [4.78, 5) is 11.1. The highest BCUT2D eigenvalue weighted by Crippen LogP contribution is 2.52. The minimum Gasteiger partial charge on any atom is -0.477 e. The van der Waals surface area contributed by atoms with E-state index in [1.807, 2.05) is 0 Å². The highest BCUT2D eigenvalue weighted by atomic mass is 32.1. The van der Waals surface area contributed by atoms with Crippen molar-refractivity contribution in [3.63, 3.8) is 0 Å². The van der Waals surface area contributed by atoms with Crippen LogP contribution in [0.2, 0.25) is 0 Å². The Balaban J connectivity index is 2.49. The summed E-state index contributed by atoms with van der Waals surface area (Å²) in [5.41, 5.74) is 0.555. The van der Waals surface area contributed by atoms with E-state index in [0.29, 0.717) is 10.3 Å². The van der Waals surface area contributed by atoms with E-state index in [4.69, 9.17) is 14.2 Å². The summed E-state index contributed by atoms with van der Waals surface area (Å²) >= 11 is 0.951. The SMILES string of the molecule is CCOP(=O)(Cc1ccc(F)c2cc(C(=O)O)sc12)OCC. The Morgan fingerprint density at radius 3 is 2.50 bits per heavy atom. The first kappa shape index (κ1) is 17.1. The fourth-order valence-corrected chi connectivity index (χ4v) is 4.96. The van der Waals surface area contributed by atoms with Gasteiger partial charge < -0.3 is 14.2 Å². The summed E-state index contributed by atoms with van der Waals surface area (Å²) in [6, 6.07) is 4.01. The number of hydrogen-bond donors (Lipinski definition) is 1. The topological polar surface area (TPSA) is 72.8 Å². The van der Waals surface area contributed by atoms with Gasteiger partial charge >= 0.3 is 13.6 Å². The third-order valence-electron chi connectivity index (χ3n) is 2.94. The zero-order valence-corrected chi connectivity index (χ0v) is 13.9. The van der Waals surface area contributed by atoms with E-state index in [9.17, 15) is 13.8 Å². The van der Waals surface area contributed by atoms with Crippen LogP contribution in [-0.4, -0.2) is 24.3 Å². The third kappa shape index (κ3) is 3.55. The summed E-state index contributed by atoms with van der Waals surface area (Å²) in [7, 11) is -3.34. The molecule has 0 amide bonds. The van der Waals surface area contributed by atoms with Gasteiger partial charge in [0.15, 0.2) is 0 Å². The number of carboxylic acids is 1. The zero-order chi connectivity index (χ0) is 16.3. The largest absolute Gasteiger partial charge is 0.477 e. The lowest BCUT2D eigenvalue weighted by molar-refractivity contribution is 0.0702. The van der Waals surface area contributed by atoms with Gasteiger partial charge in [-0.15, -0.1) is 11.3 Å². The molecule has 0 aliphatic rings. The summed E-state index contributed by atoms with van der Waals surface area (Å²) in [5, 5.41) is 9.26. The van der Waals surface area contributed by atoms with Crippen molar-refractivity contribution in [2.45, 2.75) is 20.0 Å². The van der Waals surface area contributed by atoms with Crippen LogP contribution in [0.1, 0.15) is 29.1 Å². The molecular formula is C14H16FO5PS. The smallest absolute Gasteiger partial charge is 0.345 e. The Morgan fingerprint density at radius 1 is 1.32 bits per heavy atom. The normalized spacial score (nSPS) is 12.0. The first-order valence-electron chi connectivity index (χ1n) is 6.72.